The lowest BCUT2D eigenvalue weighted by molar-refractivity contribution is 0.663. The van der Waals surface area contributed by atoms with Crippen molar-refractivity contribution in [2.24, 2.45) is 5.73 Å². The Labute approximate surface area is 125 Å². The third-order valence-corrected chi connectivity index (χ3v) is 4.43. The standard InChI is InChI=1S/C16H23N3S/c1-4-14(11-20-3)19(2)16-13(10-17)9-12-7-5-6-8-15(12)18-16/h5-9,14H,4,10-11,17H2,1-3H3. The first-order valence-corrected chi connectivity index (χ1v) is 8.41. The molecule has 1 heterocycles. The summed E-state index contributed by atoms with van der Waals surface area (Å²) in [4.78, 5) is 7.12. The van der Waals surface area contributed by atoms with E-state index in [1.807, 2.05) is 23.9 Å². The summed E-state index contributed by atoms with van der Waals surface area (Å²) in [6.45, 7) is 2.74. The second-order valence-corrected chi connectivity index (χ2v) is 5.91. The lowest BCUT2D eigenvalue weighted by atomic mass is 10.1. The highest BCUT2D eigenvalue weighted by molar-refractivity contribution is 7.98. The molecule has 1 unspecified atom stereocenters. The van der Waals surface area contributed by atoms with Crippen LogP contribution in [0.5, 0.6) is 0 Å². The van der Waals surface area contributed by atoms with Gasteiger partial charge in [0, 0.05) is 36.3 Å². The number of rotatable bonds is 6. The van der Waals surface area contributed by atoms with Crippen molar-refractivity contribution in [3.63, 3.8) is 0 Å². The summed E-state index contributed by atoms with van der Waals surface area (Å²) in [6, 6.07) is 10.9. The Balaban J connectivity index is 2.45. The summed E-state index contributed by atoms with van der Waals surface area (Å²) in [5, 5.41) is 1.16. The molecule has 0 aliphatic rings. The highest BCUT2D eigenvalue weighted by Gasteiger charge is 2.17. The summed E-state index contributed by atoms with van der Waals surface area (Å²) >= 11 is 1.87. The summed E-state index contributed by atoms with van der Waals surface area (Å²) in [5.74, 6) is 2.12. The molecule has 2 aromatic rings. The number of nitrogens with zero attached hydrogens (tertiary/aromatic N) is 2. The maximum absolute atomic E-state index is 5.92. The first-order valence-electron chi connectivity index (χ1n) is 7.01. The van der Waals surface area contributed by atoms with Crippen molar-refractivity contribution in [3.05, 3.63) is 35.9 Å². The smallest absolute Gasteiger partial charge is 0.133 e. The van der Waals surface area contributed by atoms with Gasteiger partial charge in [-0.15, -0.1) is 0 Å². The van der Waals surface area contributed by atoms with Crippen molar-refractivity contribution in [2.75, 3.05) is 24.0 Å². The Bertz CT molecular complexity index is 571. The maximum atomic E-state index is 5.92. The Morgan fingerprint density at radius 1 is 1.35 bits per heavy atom. The molecule has 1 aromatic carbocycles. The van der Waals surface area contributed by atoms with Gasteiger partial charge in [-0.1, -0.05) is 25.1 Å². The maximum Gasteiger partial charge on any atom is 0.133 e. The SMILES string of the molecule is CCC(CSC)N(C)c1nc2ccccc2cc1CN. The Morgan fingerprint density at radius 2 is 2.10 bits per heavy atom. The van der Waals surface area contributed by atoms with Crippen molar-refractivity contribution < 1.29 is 0 Å². The Hall–Kier alpha value is -1.26. The summed E-state index contributed by atoms with van der Waals surface area (Å²) in [5.41, 5.74) is 8.07. The molecule has 2 rings (SSSR count). The minimum atomic E-state index is 0.490. The molecule has 1 atom stereocenters. The number of para-hydroxylation sites is 1. The molecule has 20 heavy (non-hydrogen) atoms. The fourth-order valence-electron chi connectivity index (χ4n) is 2.47. The van der Waals surface area contributed by atoms with Gasteiger partial charge in [0.05, 0.1) is 5.52 Å². The molecule has 0 saturated heterocycles. The molecular weight excluding hydrogens is 266 g/mol. The van der Waals surface area contributed by atoms with Crippen LogP contribution in [0.15, 0.2) is 30.3 Å². The number of thioether (sulfide) groups is 1. The molecule has 0 aliphatic heterocycles. The highest BCUT2D eigenvalue weighted by Crippen LogP contribution is 2.25. The quantitative estimate of drug-likeness (QED) is 0.886. The van der Waals surface area contributed by atoms with Crippen LogP contribution in [-0.4, -0.2) is 30.1 Å². The van der Waals surface area contributed by atoms with Crippen LogP contribution in [0.4, 0.5) is 5.82 Å². The van der Waals surface area contributed by atoms with Gasteiger partial charge in [0.2, 0.25) is 0 Å². The molecule has 3 nitrogen and oxygen atoms in total. The third kappa shape index (κ3) is 3.07. The number of pyridine rings is 1. The van der Waals surface area contributed by atoms with Gasteiger partial charge < -0.3 is 10.6 Å². The van der Waals surface area contributed by atoms with Crippen LogP contribution in [0.2, 0.25) is 0 Å². The number of benzene rings is 1. The van der Waals surface area contributed by atoms with Gasteiger partial charge >= 0.3 is 0 Å². The predicted molar refractivity (Wildman–Crippen MR) is 90.5 cm³/mol. The number of aromatic nitrogens is 1. The number of anilines is 1. The van der Waals surface area contributed by atoms with E-state index in [1.54, 1.807) is 0 Å². The second kappa shape index (κ2) is 6.95. The molecule has 0 bridgehead atoms. The number of hydrogen-bond donors (Lipinski definition) is 1. The van der Waals surface area contributed by atoms with E-state index < -0.39 is 0 Å². The second-order valence-electron chi connectivity index (χ2n) is 5.00. The van der Waals surface area contributed by atoms with E-state index in [-0.39, 0.29) is 0 Å². The Kier molecular flexibility index (Phi) is 5.26. The monoisotopic (exact) mass is 289 g/mol. The van der Waals surface area contributed by atoms with Crippen molar-refractivity contribution in [3.8, 4) is 0 Å². The van der Waals surface area contributed by atoms with Crippen molar-refractivity contribution in [1.82, 2.24) is 4.98 Å². The molecule has 1 aromatic heterocycles. The average molecular weight is 289 g/mol. The van der Waals surface area contributed by atoms with Crippen LogP contribution in [-0.2, 0) is 6.54 Å². The first-order chi connectivity index (χ1) is 9.71. The third-order valence-electron chi connectivity index (χ3n) is 3.71. The van der Waals surface area contributed by atoms with Crippen LogP contribution in [0.1, 0.15) is 18.9 Å². The fraction of sp³-hybridized carbons (Fsp3) is 0.438. The van der Waals surface area contributed by atoms with Gasteiger partial charge in [-0.2, -0.15) is 11.8 Å². The predicted octanol–water partition coefficient (Wildman–Crippen LogP) is 3.27. The number of nitrogens with two attached hydrogens (primary N) is 1. The van der Waals surface area contributed by atoms with Crippen LogP contribution < -0.4 is 10.6 Å². The van der Waals surface area contributed by atoms with E-state index in [0.717, 1.165) is 34.5 Å². The van der Waals surface area contributed by atoms with E-state index in [9.17, 15) is 0 Å². The van der Waals surface area contributed by atoms with E-state index in [1.165, 1.54) is 0 Å². The van der Waals surface area contributed by atoms with Crippen LogP contribution in [0.3, 0.4) is 0 Å². The fourth-order valence-corrected chi connectivity index (χ4v) is 3.32. The topological polar surface area (TPSA) is 42.2 Å². The molecule has 0 saturated carbocycles. The van der Waals surface area contributed by atoms with Crippen LogP contribution in [0.25, 0.3) is 10.9 Å². The Morgan fingerprint density at radius 3 is 2.75 bits per heavy atom. The van der Waals surface area contributed by atoms with E-state index in [0.29, 0.717) is 12.6 Å². The van der Waals surface area contributed by atoms with Crippen LogP contribution >= 0.6 is 11.8 Å². The van der Waals surface area contributed by atoms with Gasteiger partial charge in [-0.05, 0) is 24.8 Å². The van der Waals surface area contributed by atoms with E-state index >= 15 is 0 Å². The summed E-state index contributed by atoms with van der Waals surface area (Å²) in [6.07, 6.45) is 3.25. The molecule has 0 spiro atoms. The lowest BCUT2D eigenvalue weighted by Crippen LogP contribution is -2.34. The minimum absolute atomic E-state index is 0.490. The molecule has 0 fully saturated rings. The van der Waals surface area contributed by atoms with Gasteiger partial charge in [-0.3, -0.25) is 0 Å². The molecule has 0 aliphatic carbocycles. The van der Waals surface area contributed by atoms with Crippen molar-refractivity contribution in [1.29, 1.82) is 0 Å². The zero-order chi connectivity index (χ0) is 14.5. The summed E-state index contributed by atoms with van der Waals surface area (Å²) in [7, 11) is 2.13. The molecule has 0 amide bonds. The van der Waals surface area contributed by atoms with Crippen LogP contribution in [0, 0.1) is 0 Å². The van der Waals surface area contributed by atoms with Crippen molar-refractivity contribution >= 4 is 28.5 Å². The van der Waals surface area contributed by atoms with Gasteiger partial charge in [-0.25, -0.2) is 4.98 Å². The summed E-state index contributed by atoms with van der Waals surface area (Å²) < 4.78 is 0. The van der Waals surface area contributed by atoms with E-state index in [4.69, 9.17) is 10.7 Å². The van der Waals surface area contributed by atoms with Gasteiger partial charge in [0.1, 0.15) is 5.82 Å². The molecule has 4 heteroatoms. The minimum Gasteiger partial charge on any atom is -0.356 e. The van der Waals surface area contributed by atoms with Gasteiger partial charge in [0.25, 0.3) is 0 Å². The van der Waals surface area contributed by atoms with Gasteiger partial charge in [0.15, 0.2) is 0 Å². The number of hydrogen-bond acceptors (Lipinski definition) is 4. The zero-order valence-electron chi connectivity index (χ0n) is 12.5. The van der Waals surface area contributed by atoms with E-state index in [2.05, 4.69) is 43.3 Å². The highest BCUT2D eigenvalue weighted by atomic mass is 32.2. The molecule has 0 radical (unpaired) electrons. The molecular formula is C16H23N3S. The molecule has 108 valence electrons. The molecule has 2 N–H and O–H groups in total. The lowest BCUT2D eigenvalue weighted by Gasteiger charge is -2.29. The average Bonchev–Trinajstić information content (AvgIpc) is 2.50. The normalized spacial score (nSPS) is 12.6. The largest absolute Gasteiger partial charge is 0.356 e. The van der Waals surface area contributed by atoms with Crippen molar-refractivity contribution in [2.45, 2.75) is 25.9 Å². The number of fused-ring (bicyclic) bond motifs is 1. The zero-order valence-corrected chi connectivity index (χ0v) is 13.3. The first kappa shape index (κ1) is 15.1.